The summed E-state index contributed by atoms with van der Waals surface area (Å²) >= 11 is 5.69. The van der Waals surface area contributed by atoms with E-state index in [9.17, 15) is 9.18 Å². The van der Waals surface area contributed by atoms with Crippen molar-refractivity contribution in [2.45, 2.75) is 19.3 Å². The molecule has 3 N–H and O–H groups in total. The summed E-state index contributed by atoms with van der Waals surface area (Å²) in [6, 6.07) is 3.00. The Morgan fingerprint density at radius 1 is 1.62 bits per heavy atom. The topological polar surface area (TPSA) is 63.3 Å². The van der Waals surface area contributed by atoms with Crippen LogP contribution in [0.5, 0.6) is 0 Å². The predicted octanol–water partition coefficient (Wildman–Crippen LogP) is 2.17. The number of aryl methyl sites for hydroxylation is 1. The van der Waals surface area contributed by atoms with Crippen LogP contribution in [0.15, 0.2) is 12.1 Å². The molecule has 1 unspecified atom stereocenters. The van der Waals surface area contributed by atoms with E-state index in [1.54, 1.807) is 0 Å². The number of halogens is 2. The highest BCUT2D eigenvalue weighted by Crippen LogP contribution is 2.27. The van der Waals surface area contributed by atoms with Crippen LogP contribution in [0, 0.1) is 5.82 Å². The minimum absolute atomic E-state index is 0.0550. The molecule has 0 saturated heterocycles. The Hall–Kier alpha value is -1.13. The van der Waals surface area contributed by atoms with Gasteiger partial charge in [0.1, 0.15) is 5.82 Å². The van der Waals surface area contributed by atoms with Crippen molar-refractivity contribution < 1.29 is 14.3 Å². The molecule has 0 amide bonds. The first-order valence-electron chi connectivity index (χ1n) is 4.91. The second-order valence-electron chi connectivity index (χ2n) is 3.46. The number of carboxylic acid groups (broad SMARTS) is 1. The van der Waals surface area contributed by atoms with Gasteiger partial charge in [-0.3, -0.25) is 4.79 Å². The number of hydrogen-bond acceptors (Lipinski definition) is 2. The van der Waals surface area contributed by atoms with Crippen molar-refractivity contribution in [2.24, 2.45) is 5.73 Å². The molecule has 0 bridgehead atoms. The Morgan fingerprint density at radius 2 is 2.25 bits per heavy atom. The second kappa shape index (κ2) is 5.27. The fourth-order valence-electron chi connectivity index (χ4n) is 1.49. The smallest absolute Gasteiger partial charge is 0.312 e. The van der Waals surface area contributed by atoms with Crippen LogP contribution in [0.3, 0.4) is 0 Å². The minimum atomic E-state index is -1.15. The first kappa shape index (κ1) is 12.9. The van der Waals surface area contributed by atoms with Crippen LogP contribution in [-0.4, -0.2) is 17.6 Å². The molecule has 0 radical (unpaired) electrons. The van der Waals surface area contributed by atoms with Gasteiger partial charge in [0.15, 0.2) is 0 Å². The van der Waals surface area contributed by atoms with Gasteiger partial charge < -0.3 is 10.8 Å². The van der Waals surface area contributed by atoms with E-state index in [0.717, 1.165) is 5.56 Å². The zero-order valence-electron chi connectivity index (χ0n) is 8.84. The van der Waals surface area contributed by atoms with E-state index in [4.69, 9.17) is 22.4 Å². The fraction of sp³-hybridized carbons (Fsp3) is 0.364. The molecular formula is C11H13ClFNO2. The molecular weight excluding hydrogens is 233 g/mol. The second-order valence-corrected chi connectivity index (χ2v) is 3.87. The van der Waals surface area contributed by atoms with E-state index in [1.807, 2.05) is 6.92 Å². The summed E-state index contributed by atoms with van der Waals surface area (Å²) in [6.45, 7) is 1.72. The molecule has 5 heteroatoms. The van der Waals surface area contributed by atoms with E-state index in [1.165, 1.54) is 12.1 Å². The lowest BCUT2D eigenvalue weighted by molar-refractivity contribution is -0.138. The summed E-state index contributed by atoms with van der Waals surface area (Å²) in [5.41, 5.74) is 6.17. The average Bonchev–Trinajstić information content (AvgIpc) is 2.24. The lowest BCUT2D eigenvalue weighted by Gasteiger charge is -2.13. The molecule has 1 rings (SSSR count). The molecule has 0 spiro atoms. The molecule has 0 aromatic heterocycles. The Balaban J connectivity index is 3.30. The van der Waals surface area contributed by atoms with Crippen molar-refractivity contribution in [3.8, 4) is 0 Å². The summed E-state index contributed by atoms with van der Waals surface area (Å²) in [6.07, 6.45) is 0.657. The molecule has 1 aromatic carbocycles. The lowest BCUT2D eigenvalue weighted by atomic mass is 9.96. The van der Waals surface area contributed by atoms with Gasteiger partial charge in [0.2, 0.25) is 0 Å². The Morgan fingerprint density at radius 3 is 2.69 bits per heavy atom. The Bertz CT molecular complexity index is 409. The molecule has 3 nitrogen and oxygen atoms in total. The maximum Gasteiger partial charge on any atom is 0.312 e. The van der Waals surface area contributed by atoms with E-state index < -0.39 is 17.7 Å². The third-order valence-corrected chi connectivity index (χ3v) is 2.71. The zero-order chi connectivity index (χ0) is 12.3. The highest BCUT2D eigenvalue weighted by molar-refractivity contribution is 6.30. The summed E-state index contributed by atoms with van der Waals surface area (Å²) in [5.74, 6) is -2.90. The van der Waals surface area contributed by atoms with Gasteiger partial charge in [0.05, 0.1) is 10.9 Å². The number of nitrogens with two attached hydrogens (primary N) is 1. The maximum atomic E-state index is 13.7. The molecule has 0 saturated carbocycles. The van der Waals surface area contributed by atoms with E-state index >= 15 is 0 Å². The molecule has 16 heavy (non-hydrogen) atoms. The fourth-order valence-corrected chi connectivity index (χ4v) is 1.74. The van der Waals surface area contributed by atoms with Gasteiger partial charge in [-0.05, 0) is 18.1 Å². The first-order valence-corrected chi connectivity index (χ1v) is 5.29. The molecule has 1 aromatic rings. The third kappa shape index (κ3) is 2.51. The summed E-state index contributed by atoms with van der Waals surface area (Å²) < 4.78 is 13.7. The van der Waals surface area contributed by atoms with Gasteiger partial charge in [-0.2, -0.15) is 0 Å². The number of benzene rings is 1. The minimum Gasteiger partial charge on any atom is -0.481 e. The van der Waals surface area contributed by atoms with Crippen LogP contribution in [0.4, 0.5) is 4.39 Å². The van der Waals surface area contributed by atoms with Crippen LogP contribution >= 0.6 is 11.6 Å². The van der Waals surface area contributed by atoms with Crippen LogP contribution < -0.4 is 5.73 Å². The van der Waals surface area contributed by atoms with Gasteiger partial charge in [-0.1, -0.05) is 24.6 Å². The average molecular weight is 246 g/mol. The van der Waals surface area contributed by atoms with Gasteiger partial charge >= 0.3 is 5.97 Å². The number of hydrogen-bond donors (Lipinski definition) is 2. The van der Waals surface area contributed by atoms with E-state index in [2.05, 4.69) is 0 Å². The normalized spacial score (nSPS) is 12.5. The molecule has 0 heterocycles. The molecule has 0 aliphatic carbocycles. The molecule has 88 valence electrons. The monoisotopic (exact) mass is 245 g/mol. The molecule has 0 aliphatic rings. The van der Waals surface area contributed by atoms with Crippen LogP contribution in [0.2, 0.25) is 5.02 Å². The zero-order valence-corrected chi connectivity index (χ0v) is 9.59. The van der Waals surface area contributed by atoms with Crippen molar-refractivity contribution in [3.05, 3.63) is 34.1 Å². The summed E-state index contributed by atoms with van der Waals surface area (Å²) in [4.78, 5) is 10.9. The third-order valence-electron chi connectivity index (χ3n) is 2.43. The highest BCUT2D eigenvalue weighted by Gasteiger charge is 2.23. The van der Waals surface area contributed by atoms with Crippen molar-refractivity contribution in [2.75, 3.05) is 6.54 Å². The van der Waals surface area contributed by atoms with Crippen LogP contribution in [-0.2, 0) is 11.2 Å². The largest absolute Gasteiger partial charge is 0.481 e. The number of carbonyl (C=O) groups is 1. The van der Waals surface area contributed by atoms with Crippen LogP contribution in [0.1, 0.15) is 24.0 Å². The van der Waals surface area contributed by atoms with Gasteiger partial charge in [0, 0.05) is 12.1 Å². The number of aliphatic carboxylic acids is 1. The van der Waals surface area contributed by atoms with Crippen LogP contribution in [0.25, 0.3) is 0 Å². The Kier molecular flexibility index (Phi) is 4.26. The quantitative estimate of drug-likeness (QED) is 0.855. The van der Waals surface area contributed by atoms with Crippen molar-refractivity contribution >= 4 is 17.6 Å². The lowest BCUT2D eigenvalue weighted by Crippen LogP contribution is -2.22. The number of carboxylic acids is 1. The number of rotatable bonds is 4. The first-order chi connectivity index (χ1) is 7.51. The van der Waals surface area contributed by atoms with Crippen molar-refractivity contribution in [1.29, 1.82) is 0 Å². The summed E-state index contributed by atoms with van der Waals surface area (Å²) in [5, 5.41) is 8.85. The SMILES string of the molecule is CCc1cc(Cl)c(F)c(C(CN)C(=O)O)c1. The predicted molar refractivity (Wildman–Crippen MR) is 60.2 cm³/mol. The van der Waals surface area contributed by atoms with Crippen molar-refractivity contribution in [3.63, 3.8) is 0 Å². The maximum absolute atomic E-state index is 13.7. The standard InChI is InChI=1S/C11H13ClFNO2/c1-2-6-3-7(8(5-14)11(15)16)10(13)9(12)4-6/h3-4,8H,2,5,14H2,1H3,(H,15,16). The molecule has 0 fully saturated rings. The van der Waals surface area contributed by atoms with Gasteiger partial charge in [-0.15, -0.1) is 0 Å². The van der Waals surface area contributed by atoms with Gasteiger partial charge in [-0.25, -0.2) is 4.39 Å². The molecule has 1 atom stereocenters. The van der Waals surface area contributed by atoms with E-state index in [-0.39, 0.29) is 17.1 Å². The highest BCUT2D eigenvalue weighted by atomic mass is 35.5. The summed E-state index contributed by atoms with van der Waals surface area (Å²) in [7, 11) is 0. The Labute approximate surface area is 98.0 Å². The van der Waals surface area contributed by atoms with Crippen molar-refractivity contribution in [1.82, 2.24) is 0 Å². The van der Waals surface area contributed by atoms with E-state index in [0.29, 0.717) is 6.42 Å². The van der Waals surface area contributed by atoms with Gasteiger partial charge in [0.25, 0.3) is 0 Å². The molecule has 0 aliphatic heterocycles.